The zero-order valence-electron chi connectivity index (χ0n) is 10.6. The molecule has 0 saturated carbocycles. The van der Waals surface area contributed by atoms with Gasteiger partial charge in [-0.1, -0.05) is 18.2 Å². The van der Waals surface area contributed by atoms with E-state index in [0.29, 0.717) is 32.5 Å². The van der Waals surface area contributed by atoms with Crippen LogP contribution in [0.2, 0.25) is 0 Å². The van der Waals surface area contributed by atoms with Crippen molar-refractivity contribution in [1.29, 1.82) is 5.26 Å². The van der Waals surface area contributed by atoms with Gasteiger partial charge < -0.3 is 9.64 Å². The summed E-state index contributed by atoms with van der Waals surface area (Å²) in [7, 11) is 0. The number of hydrogen-bond acceptors (Lipinski definition) is 3. The van der Waals surface area contributed by atoms with E-state index in [2.05, 4.69) is 0 Å². The van der Waals surface area contributed by atoms with Crippen molar-refractivity contribution in [2.24, 2.45) is 0 Å². The summed E-state index contributed by atoms with van der Waals surface area (Å²) in [6.45, 7) is 3.41. The second-order valence-corrected chi connectivity index (χ2v) is 3.79. The van der Waals surface area contributed by atoms with Crippen LogP contribution < -0.4 is 4.74 Å². The zero-order chi connectivity index (χ0) is 13.2. The summed E-state index contributed by atoms with van der Waals surface area (Å²) >= 11 is 0. The van der Waals surface area contributed by atoms with E-state index in [-0.39, 0.29) is 5.91 Å². The molecule has 0 aliphatic carbocycles. The van der Waals surface area contributed by atoms with Gasteiger partial charge in [-0.25, -0.2) is 0 Å². The Morgan fingerprint density at radius 1 is 1.39 bits per heavy atom. The fourth-order valence-electron chi connectivity index (χ4n) is 1.58. The van der Waals surface area contributed by atoms with E-state index in [4.69, 9.17) is 10.00 Å². The number of carbonyl (C=O) groups excluding carboxylic acids is 1. The first kappa shape index (κ1) is 14.0. The van der Waals surface area contributed by atoms with Crippen LogP contribution in [0.4, 0.5) is 0 Å². The largest absolute Gasteiger partial charge is 0.493 e. The Morgan fingerprint density at radius 3 is 2.72 bits per heavy atom. The number of amides is 1. The van der Waals surface area contributed by atoms with E-state index < -0.39 is 0 Å². The van der Waals surface area contributed by atoms with E-state index in [9.17, 15) is 4.79 Å². The maximum atomic E-state index is 11.8. The lowest BCUT2D eigenvalue weighted by molar-refractivity contribution is -0.131. The Kier molecular flexibility index (Phi) is 6.34. The van der Waals surface area contributed by atoms with Crippen LogP contribution in [0, 0.1) is 11.3 Å². The van der Waals surface area contributed by atoms with Crippen LogP contribution in [-0.4, -0.2) is 30.5 Å². The first-order valence-corrected chi connectivity index (χ1v) is 6.10. The molecular formula is C14H18N2O2. The molecule has 0 N–H and O–H groups in total. The van der Waals surface area contributed by atoms with Gasteiger partial charge in [-0.15, -0.1) is 0 Å². The number of carbonyl (C=O) groups is 1. The van der Waals surface area contributed by atoms with Gasteiger partial charge in [0, 0.05) is 13.1 Å². The molecule has 0 saturated heterocycles. The van der Waals surface area contributed by atoms with E-state index in [0.717, 1.165) is 5.75 Å². The highest BCUT2D eigenvalue weighted by atomic mass is 16.5. The number of nitrogens with zero attached hydrogens (tertiary/aromatic N) is 2. The zero-order valence-corrected chi connectivity index (χ0v) is 10.6. The Morgan fingerprint density at radius 2 is 2.11 bits per heavy atom. The minimum absolute atomic E-state index is 0.0312. The van der Waals surface area contributed by atoms with Gasteiger partial charge in [0.15, 0.2) is 0 Å². The molecule has 1 amide bonds. The number of nitriles is 1. The molecule has 0 radical (unpaired) electrons. The average Bonchev–Trinajstić information content (AvgIpc) is 2.41. The summed E-state index contributed by atoms with van der Waals surface area (Å²) in [5, 5.41) is 8.50. The highest BCUT2D eigenvalue weighted by Gasteiger charge is 2.10. The van der Waals surface area contributed by atoms with E-state index in [1.54, 1.807) is 4.90 Å². The minimum Gasteiger partial charge on any atom is -0.493 e. The van der Waals surface area contributed by atoms with Crippen LogP contribution in [0.15, 0.2) is 30.3 Å². The van der Waals surface area contributed by atoms with E-state index in [1.165, 1.54) is 0 Å². The predicted molar refractivity (Wildman–Crippen MR) is 69.0 cm³/mol. The van der Waals surface area contributed by atoms with Gasteiger partial charge in [-0.05, 0) is 19.1 Å². The molecule has 0 atom stereocenters. The summed E-state index contributed by atoms with van der Waals surface area (Å²) in [5.74, 6) is 0.800. The van der Waals surface area contributed by atoms with Crippen LogP contribution >= 0.6 is 0 Å². The number of hydrogen-bond donors (Lipinski definition) is 0. The average molecular weight is 246 g/mol. The van der Waals surface area contributed by atoms with Gasteiger partial charge in [-0.3, -0.25) is 4.79 Å². The summed E-state index contributed by atoms with van der Waals surface area (Å²) in [5.41, 5.74) is 0. The van der Waals surface area contributed by atoms with Gasteiger partial charge in [0.2, 0.25) is 5.91 Å². The van der Waals surface area contributed by atoms with E-state index >= 15 is 0 Å². The molecule has 1 rings (SSSR count). The molecule has 1 aromatic carbocycles. The highest BCUT2D eigenvalue weighted by molar-refractivity contribution is 5.76. The van der Waals surface area contributed by atoms with Crippen molar-refractivity contribution in [3.63, 3.8) is 0 Å². The summed E-state index contributed by atoms with van der Waals surface area (Å²) in [6, 6.07) is 11.5. The van der Waals surface area contributed by atoms with Gasteiger partial charge in [0.25, 0.3) is 0 Å². The second kappa shape index (κ2) is 8.13. The first-order valence-electron chi connectivity index (χ1n) is 6.10. The molecule has 0 heterocycles. The number of benzene rings is 1. The molecule has 18 heavy (non-hydrogen) atoms. The number of para-hydroxylation sites is 1. The highest BCUT2D eigenvalue weighted by Crippen LogP contribution is 2.08. The monoisotopic (exact) mass is 246 g/mol. The van der Waals surface area contributed by atoms with Crippen LogP contribution in [-0.2, 0) is 4.79 Å². The first-order chi connectivity index (χ1) is 8.77. The maximum absolute atomic E-state index is 11.8. The normalized spacial score (nSPS) is 9.56. The van der Waals surface area contributed by atoms with Crippen molar-refractivity contribution in [1.82, 2.24) is 4.90 Å². The van der Waals surface area contributed by atoms with Crippen molar-refractivity contribution < 1.29 is 9.53 Å². The Balaban J connectivity index is 2.29. The standard InChI is InChI=1S/C14H18N2O2/c1-2-16(11-6-10-15)14(17)9-12-18-13-7-4-3-5-8-13/h3-5,7-8H,2,6,9,11-12H2,1H3. The Hall–Kier alpha value is -2.02. The molecule has 4 nitrogen and oxygen atoms in total. The Bertz CT molecular complexity index is 398. The van der Waals surface area contributed by atoms with Crippen molar-refractivity contribution in [2.75, 3.05) is 19.7 Å². The van der Waals surface area contributed by atoms with E-state index in [1.807, 2.05) is 43.3 Å². The molecule has 0 unspecified atom stereocenters. The SMILES string of the molecule is CCN(CCC#N)C(=O)CCOc1ccccc1. The predicted octanol–water partition coefficient (Wildman–Crippen LogP) is 2.22. The van der Waals surface area contributed by atoms with Gasteiger partial charge >= 0.3 is 0 Å². The molecule has 0 fully saturated rings. The van der Waals surface area contributed by atoms with Crippen LogP contribution in [0.5, 0.6) is 5.75 Å². The Labute approximate surface area is 108 Å². The van der Waals surface area contributed by atoms with Crippen LogP contribution in [0.3, 0.4) is 0 Å². The molecule has 4 heteroatoms. The number of ether oxygens (including phenoxy) is 1. The fourth-order valence-corrected chi connectivity index (χ4v) is 1.58. The van der Waals surface area contributed by atoms with Gasteiger partial charge in [-0.2, -0.15) is 5.26 Å². The molecule has 0 aliphatic heterocycles. The minimum atomic E-state index is 0.0312. The molecule has 0 aromatic heterocycles. The molecule has 0 aliphatic rings. The lowest BCUT2D eigenvalue weighted by Crippen LogP contribution is -2.32. The van der Waals surface area contributed by atoms with Gasteiger partial charge in [0.1, 0.15) is 5.75 Å². The van der Waals surface area contributed by atoms with Crippen molar-refractivity contribution >= 4 is 5.91 Å². The second-order valence-electron chi connectivity index (χ2n) is 3.79. The smallest absolute Gasteiger partial charge is 0.226 e. The third kappa shape index (κ3) is 4.88. The van der Waals surface area contributed by atoms with Crippen molar-refractivity contribution in [2.45, 2.75) is 19.8 Å². The summed E-state index contributed by atoms with van der Waals surface area (Å²) in [6.07, 6.45) is 0.716. The quantitative estimate of drug-likeness (QED) is 0.741. The third-order valence-electron chi connectivity index (χ3n) is 2.56. The summed E-state index contributed by atoms with van der Waals surface area (Å²) < 4.78 is 5.46. The van der Waals surface area contributed by atoms with Crippen LogP contribution in [0.25, 0.3) is 0 Å². The molecule has 1 aromatic rings. The topological polar surface area (TPSA) is 53.3 Å². The molecule has 0 bridgehead atoms. The van der Waals surface area contributed by atoms with Gasteiger partial charge in [0.05, 0.1) is 25.5 Å². The summed E-state index contributed by atoms with van der Waals surface area (Å²) in [4.78, 5) is 13.5. The van der Waals surface area contributed by atoms with Crippen molar-refractivity contribution in [3.05, 3.63) is 30.3 Å². The third-order valence-corrected chi connectivity index (χ3v) is 2.56. The molecular weight excluding hydrogens is 228 g/mol. The fraction of sp³-hybridized carbons (Fsp3) is 0.429. The molecule has 0 spiro atoms. The molecule has 96 valence electrons. The van der Waals surface area contributed by atoms with Crippen molar-refractivity contribution in [3.8, 4) is 11.8 Å². The maximum Gasteiger partial charge on any atom is 0.226 e. The lowest BCUT2D eigenvalue weighted by Gasteiger charge is -2.19. The van der Waals surface area contributed by atoms with Crippen LogP contribution in [0.1, 0.15) is 19.8 Å². The lowest BCUT2D eigenvalue weighted by atomic mass is 10.3. The number of rotatable bonds is 7.